The highest BCUT2D eigenvalue weighted by Gasteiger charge is 2.10. The van der Waals surface area contributed by atoms with Crippen molar-refractivity contribution in [2.24, 2.45) is 5.73 Å². The van der Waals surface area contributed by atoms with Gasteiger partial charge in [-0.3, -0.25) is 4.79 Å². The van der Waals surface area contributed by atoms with Gasteiger partial charge in [-0.2, -0.15) is 0 Å². The lowest BCUT2D eigenvalue weighted by Crippen LogP contribution is -2.10. The van der Waals surface area contributed by atoms with Crippen LogP contribution in [0.25, 0.3) is 21.9 Å². The van der Waals surface area contributed by atoms with Gasteiger partial charge in [0.05, 0.1) is 5.56 Å². The fourth-order valence-corrected chi connectivity index (χ4v) is 3.80. The highest BCUT2D eigenvalue weighted by Crippen LogP contribution is 2.21. The molecule has 6 rings (SSSR count). The van der Waals surface area contributed by atoms with E-state index < -0.39 is 11.9 Å². The maximum absolute atomic E-state index is 11.0. The normalized spacial score (nSPS) is 10.6. The van der Waals surface area contributed by atoms with E-state index in [0.717, 1.165) is 22.0 Å². The summed E-state index contributed by atoms with van der Waals surface area (Å²) in [6.07, 6.45) is 0. The minimum absolute atomic E-state index is 0.226. The fraction of sp³-hybridized carbons (Fsp3) is 0.0667. The molecule has 0 aliphatic carbocycles. The average Bonchev–Trinajstić information content (AvgIpc) is 3.60. The van der Waals surface area contributed by atoms with E-state index in [0.29, 0.717) is 34.9 Å². The number of carboxylic acid groups (broad SMARTS) is 1. The molecule has 2 heterocycles. The summed E-state index contributed by atoms with van der Waals surface area (Å²) < 4.78 is 21.6. The van der Waals surface area contributed by atoms with Gasteiger partial charge in [-0.05, 0) is 72.8 Å². The Hall–Kier alpha value is -5.64. The minimum atomic E-state index is -0.959. The number of hydrogen-bond acceptors (Lipinski definition) is 8. The Bertz CT molecular complexity index is 1620. The number of amides is 1. The zero-order chi connectivity index (χ0) is 27.9. The number of benzene rings is 4. The number of rotatable bonds is 8. The number of primary amides is 1. The Balaban J connectivity index is 0.000000161. The van der Waals surface area contributed by atoms with Crippen LogP contribution in [0.3, 0.4) is 0 Å². The number of ether oxygens (including phenoxy) is 2. The van der Waals surface area contributed by atoms with Gasteiger partial charge in [0.2, 0.25) is 5.91 Å². The third-order valence-corrected chi connectivity index (χ3v) is 5.90. The van der Waals surface area contributed by atoms with Gasteiger partial charge in [0.25, 0.3) is 0 Å². The minimum Gasteiger partial charge on any atom is -0.487 e. The molecule has 0 bridgehead atoms. The maximum Gasteiger partial charge on any atom is 0.335 e. The number of nitrogens with zero attached hydrogens (tertiary/aromatic N) is 2. The van der Waals surface area contributed by atoms with Crippen molar-refractivity contribution in [1.29, 1.82) is 0 Å². The first-order chi connectivity index (χ1) is 19.5. The Labute approximate surface area is 227 Å². The summed E-state index contributed by atoms with van der Waals surface area (Å²) in [5.41, 5.74) is 8.74. The van der Waals surface area contributed by atoms with Gasteiger partial charge in [-0.25, -0.2) is 4.79 Å². The van der Waals surface area contributed by atoms with Crippen molar-refractivity contribution >= 4 is 33.8 Å². The van der Waals surface area contributed by atoms with Crippen molar-refractivity contribution in [3.63, 3.8) is 0 Å². The van der Waals surface area contributed by atoms with Crippen molar-refractivity contribution in [2.75, 3.05) is 0 Å². The molecule has 0 fully saturated rings. The Kier molecular flexibility index (Phi) is 7.68. The molecule has 4 aromatic carbocycles. The van der Waals surface area contributed by atoms with E-state index in [1.165, 1.54) is 12.1 Å². The van der Waals surface area contributed by atoms with Crippen LogP contribution in [-0.2, 0) is 13.2 Å². The molecule has 0 aliphatic heterocycles. The van der Waals surface area contributed by atoms with Gasteiger partial charge >= 0.3 is 5.97 Å². The van der Waals surface area contributed by atoms with E-state index in [2.05, 4.69) is 10.3 Å². The van der Waals surface area contributed by atoms with E-state index in [1.807, 2.05) is 48.5 Å². The van der Waals surface area contributed by atoms with Crippen molar-refractivity contribution < 1.29 is 33.2 Å². The third kappa shape index (κ3) is 6.08. The summed E-state index contributed by atoms with van der Waals surface area (Å²) >= 11 is 0. The third-order valence-electron chi connectivity index (χ3n) is 5.90. The van der Waals surface area contributed by atoms with Gasteiger partial charge in [0, 0.05) is 16.3 Å². The van der Waals surface area contributed by atoms with Crippen molar-refractivity contribution in [2.45, 2.75) is 13.2 Å². The second-order valence-electron chi connectivity index (χ2n) is 8.55. The SMILES string of the molecule is NC(=O)c1ccc(OCc2noc3ccccc23)cc1.O=C(O)c1ccc(OCc2noc3ccccc23)cc1. The van der Waals surface area contributed by atoms with Gasteiger partial charge in [0.15, 0.2) is 11.2 Å². The van der Waals surface area contributed by atoms with Crippen LogP contribution in [-0.4, -0.2) is 27.3 Å². The number of aromatic nitrogens is 2. The Morgan fingerprint density at radius 1 is 0.650 bits per heavy atom. The molecule has 6 aromatic rings. The summed E-state index contributed by atoms with van der Waals surface area (Å²) in [5.74, 6) is -0.192. The van der Waals surface area contributed by atoms with Gasteiger partial charge in [-0.1, -0.05) is 34.6 Å². The molecule has 0 saturated heterocycles. The number of carbonyl (C=O) groups excluding carboxylic acids is 1. The first-order valence-electron chi connectivity index (χ1n) is 12.1. The first-order valence-corrected chi connectivity index (χ1v) is 12.1. The van der Waals surface area contributed by atoms with Crippen LogP contribution < -0.4 is 15.2 Å². The second-order valence-corrected chi connectivity index (χ2v) is 8.55. The van der Waals surface area contributed by atoms with Crippen LogP contribution in [0.4, 0.5) is 0 Å². The molecule has 10 nitrogen and oxygen atoms in total. The van der Waals surface area contributed by atoms with E-state index in [9.17, 15) is 9.59 Å². The van der Waals surface area contributed by atoms with Crippen molar-refractivity contribution in [3.05, 3.63) is 120 Å². The zero-order valence-corrected chi connectivity index (χ0v) is 21.0. The highest BCUT2D eigenvalue weighted by atomic mass is 16.5. The molecular weight excluding hydrogens is 514 g/mol. The van der Waals surface area contributed by atoms with Gasteiger partial charge in [0.1, 0.15) is 36.1 Å². The molecule has 0 spiro atoms. The van der Waals surface area contributed by atoms with Crippen LogP contribution in [0.15, 0.2) is 106 Å². The molecule has 0 radical (unpaired) electrons. The molecule has 0 atom stereocenters. The topological polar surface area (TPSA) is 151 Å². The summed E-state index contributed by atoms with van der Waals surface area (Å²) in [6, 6.07) is 28.0. The fourth-order valence-electron chi connectivity index (χ4n) is 3.80. The number of fused-ring (bicyclic) bond motifs is 2. The van der Waals surface area contributed by atoms with E-state index in [4.69, 9.17) is 29.4 Å². The molecule has 1 amide bonds. The quantitative estimate of drug-likeness (QED) is 0.252. The van der Waals surface area contributed by atoms with Crippen LogP contribution >= 0.6 is 0 Å². The molecule has 0 saturated carbocycles. The van der Waals surface area contributed by atoms with Crippen molar-refractivity contribution in [1.82, 2.24) is 10.3 Å². The molecule has 3 N–H and O–H groups in total. The molecule has 40 heavy (non-hydrogen) atoms. The molecule has 10 heteroatoms. The Morgan fingerprint density at radius 2 is 1.07 bits per heavy atom. The van der Waals surface area contributed by atoms with E-state index in [-0.39, 0.29) is 12.2 Å². The smallest absolute Gasteiger partial charge is 0.335 e. The predicted molar refractivity (Wildman–Crippen MR) is 145 cm³/mol. The van der Waals surface area contributed by atoms with E-state index in [1.54, 1.807) is 36.4 Å². The van der Waals surface area contributed by atoms with Crippen molar-refractivity contribution in [3.8, 4) is 11.5 Å². The number of nitrogens with two attached hydrogens (primary N) is 1. The molecular formula is C30H23N3O7. The van der Waals surface area contributed by atoms with Crippen LogP contribution in [0.2, 0.25) is 0 Å². The molecule has 0 unspecified atom stereocenters. The lowest BCUT2D eigenvalue weighted by Gasteiger charge is -2.04. The number of hydrogen-bond donors (Lipinski definition) is 2. The lowest BCUT2D eigenvalue weighted by atomic mass is 10.2. The summed E-state index contributed by atoms with van der Waals surface area (Å²) in [5, 5.41) is 18.6. The van der Waals surface area contributed by atoms with E-state index >= 15 is 0 Å². The summed E-state index contributed by atoms with van der Waals surface area (Å²) in [4.78, 5) is 21.7. The number of carboxylic acids is 1. The second kappa shape index (κ2) is 11.8. The highest BCUT2D eigenvalue weighted by molar-refractivity contribution is 5.92. The summed E-state index contributed by atoms with van der Waals surface area (Å²) in [7, 11) is 0. The Morgan fingerprint density at radius 3 is 1.50 bits per heavy atom. The van der Waals surface area contributed by atoms with Crippen LogP contribution in [0, 0.1) is 0 Å². The number of para-hydroxylation sites is 2. The predicted octanol–water partition coefficient (Wildman–Crippen LogP) is 5.61. The number of carbonyl (C=O) groups is 2. The lowest BCUT2D eigenvalue weighted by molar-refractivity contribution is 0.0696. The van der Waals surface area contributed by atoms with Gasteiger partial charge in [-0.15, -0.1) is 0 Å². The maximum atomic E-state index is 11.0. The zero-order valence-electron chi connectivity index (χ0n) is 21.0. The molecule has 0 aliphatic rings. The molecule has 200 valence electrons. The monoisotopic (exact) mass is 537 g/mol. The first kappa shape index (κ1) is 26.0. The average molecular weight is 538 g/mol. The van der Waals surface area contributed by atoms with Crippen LogP contribution in [0.1, 0.15) is 32.1 Å². The van der Waals surface area contributed by atoms with Crippen LogP contribution in [0.5, 0.6) is 11.5 Å². The number of aromatic carboxylic acids is 1. The van der Waals surface area contributed by atoms with Gasteiger partial charge < -0.3 is 29.4 Å². The summed E-state index contributed by atoms with van der Waals surface area (Å²) in [6.45, 7) is 0.566. The largest absolute Gasteiger partial charge is 0.487 e. The molecule has 2 aromatic heterocycles. The standard InChI is InChI=1S/C15H12N2O3.C15H11NO4/c16-15(18)10-5-7-11(8-6-10)19-9-13-12-3-1-2-4-14(12)20-17-13;17-15(18)10-5-7-11(8-6-10)19-9-13-12-3-1-2-4-14(12)20-16-13/h1-8H,9H2,(H2,16,18);1-8H,9H2,(H,17,18).